The number of halogens is 1. The topological polar surface area (TPSA) is 78.4 Å². The van der Waals surface area contributed by atoms with Crippen LogP contribution in [0.25, 0.3) is 0 Å². The molecule has 0 heterocycles. The van der Waals surface area contributed by atoms with Gasteiger partial charge in [0.1, 0.15) is 0 Å². The van der Waals surface area contributed by atoms with Gasteiger partial charge in [-0.1, -0.05) is 24.1 Å². The molecule has 0 radical (unpaired) electrons. The van der Waals surface area contributed by atoms with Gasteiger partial charge < -0.3 is 15.7 Å². The minimum atomic E-state index is -0.821. The van der Waals surface area contributed by atoms with Crippen LogP contribution < -0.4 is 10.6 Å². The fraction of sp³-hybridized carbons (Fsp3) is 0.467. The lowest BCUT2D eigenvalue weighted by molar-refractivity contribution is -0.141. The van der Waals surface area contributed by atoms with Crippen LogP contribution in [0.15, 0.2) is 18.2 Å². The van der Waals surface area contributed by atoms with Crippen LogP contribution in [0, 0.1) is 12.3 Å². The van der Waals surface area contributed by atoms with Crippen molar-refractivity contribution >= 4 is 29.3 Å². The van der Waals surface area contributed by atoms with Crippen molar-refractivity contribution in [3.63, 3.8) is 0 Å². The first kappa shape index (κ1) is 15.6. The number of carbonyl (C=O) groups excluding carboxylic acids is 1. The third kappa shape index (κ3) is 4.11. The highest BCUT2D eigenvalue weighted by atomic mass is 35.5. The van der Waals surface area contributed by atoms with E-state index in [-0.39, 0.29) is 17.9 Å². The Hall–Kier alpha value is -1.75. The fourth-order valence-corrected chi connectivity index (χ4v) is 2.75. The van der Waals surface area contributed by atoms with Gasteiger partial charge in [0.25, 0.3) is 0 Å². The maximum Gasteiger partial charge on any atom is 0.319 e. The molecule has 0 unspecified atom stereocenters. The Bertz CT molecular complexity index is 556. The van der Waals surface area contributed by atoms with Crippen molar-refractivity contribution in [2.24, 2.45) is 5.41 Å². The van der Waals surface area contributed by atoms with E-state index in [0.29, 0.717) is 17.3 Å². The smallest absolute Gasteiger partial charge is 0.319 e. The predicted molar refractivity (Wildman–Crippen MR) is 81.7 cm³/mol. The Balaban J connectivity index is 1.90. The van der Waals surface area contributed by atoms with E-state index in [0.717, 1.165) is 24.8 Å². The largest absolute Gasteiger partial charge is 0.481 e. The summed E-state index contributed by atoms with van der Waals surface area (Å²) in [5.74, 6) is -0.821. The third-order valence-electron chi connectivity index (χ3n) is 3.93. The Morgan fingerprint density at radius 3 is 2.67 bits per heavy atom. The summed E-state index contributed by atoms with van der Waals surface area (Å²) < 4.78 is 0. The number of aliphatic carboxylic acids is 1. The highest BCUT2D eigenvalue weighted by Crippen LogP contribution is 2.43. The summed E-state index contributed by atoms with van der Waals surface area (Å²) in [5, 5.41) is 14.9. The van der Waals surface area contributed by atoms with Crippen molar-refractivity contribution < 1.29 is 14.7 Å². The predicted octanol–water partition coefficient (Wildman–Crippen LogP) is 3.41. The van der Waals surface area contributed by atoms with Gasteiger partial charge >= 0.3 is 12.0 Å². The van der Waals surface area contributed by atoms with Crippen LogP contribution in [-0.2, 0) is 4.79 Å². The molecular formula is C15H19ClN2O3. The zero-order valence-corrected chi connectivity index (χ0v) is 12.7. The summed E-state index contributed by atoms with van der Waals surface area (Å²) in [4.78, 5) is 22.8. The zero-order valence-electron chi connectivity index (χ0n) is 11.9. The molecule has 0 aliphatic heterocycles. The third-order valence-corrected chi connectivity index (χ3v) is 4.26. The van der Waals surface area contributed by atoms with Crippen molar-refractivity contribution in [1.82, 2.24) is 5.32 Å². The molecule has 1 fully saturated rings. The highest BCUT2D eigenvalue weighted by Gasteiger charge is 2.39. The lowest BCUT2D eigenvalue weighted by Crippen LogP contribution is -2.44. The number of carboxylic acids is 1. The van der Waals surface area contributed by atoms with Crippen molar-refractivity contribution in [2.75, 3.05) is 11.9 Å². The SMILES string of the molecule is Cc1ccc(Cl)c(NC(=O)NCC2(CC(=O)O)CCC2)c1. The minimum Gasteiger partial charge on any atom is -0.481 e. The van der Waals surface area contributed by atoms with E-state index < -0.39 is 5.97 Å². The molecule has 0 atom stereocenters. The second-order valence-corrected chi connectivity index (χ2v) is 6.12. The van der Waals surface area contributed by atoms with Gasteiger partial charge in [-0.25, -0.2) is 4.79 Å². The van der Waals surface area contributed by atoms with Gasteiger partial charge in [-0.3, -0.25) is 4.79 Å². The first-order chi connectivity index (χ1) is 9.90. The van der Waals surface area contributed by atoms with Crippen molar-refractivity contribution in [2.45, 2.75) is 32.6 Å². The van der Waals surface area contributed by atoms with Crippen LogP contribution in [0.4, 0.5) is 10.5 Å². The number of hydrogen-bond donors (Lipinski definition) is 3. The number of aryl methyl sites for hydroxylation is 1. The van der Waals surface area contributed by atoms with Crippen molar-refractivity contribution in [3.8, 4) is 0 Å². The molecule has 0 aromatic heterocycles. The molecule has 1 saturated carbocycles. The molecule has 1 aromatic carbocycles. The Morgan fingerprint density at radius 1 is 1.38 bits per heavy atom. The standard InChI is InChI=1S/C15H19ClN2O3/c1-10-3-4-11(16)12(7-10)18-14(21)17-9-15(5-2-6-15)8-13(19)20/h3-4,7H,2,5-6,8-9H2,1H3,(H,19,20)(H2,17,18,21). The lowest BCUT2D eigenvalue weighted by atomic mass is 9.66. The number of nitrogens with one attached hydrogen (secondary N) is 2. The monoisotopic (exact) mass is 310 g/mol. The van der Waals surface area contributed by atoms with Crippen LogP contribution >= 0.6 is 11.6 Å². The molecule has 0 saturated heterocycles. The van der Waals surface area contributed by atoms with Gasteiger partial charge in [0.2, 0.25) is 0 Å². The molecule has 6 heteroatoms. The van der Waals surface area contributed by atoms with Crippen molar-refractivity contribution in [1.29, 1.82) is 0 Å². The van der Waals surface area contributed by atoms with Crippen molar-refractivity contribution in [3.05, 3.63) is 28.8 Å². The first-order valence-corrected chi connectivity index (χ1v) is 7.31. The molecule has 2 amide bonds. The number of carbonyl (C=O) groups is 2. The maximum absolute atomic E-state index is 11.9. The van der Waals surface area contributed by atoms with E-state index in [1.807, 2.05) is 13.0 Å². The van der Waals surface area contributed by atoms with Crippen LogP contribution in [0.5, 0.6) is 0 Å². The number of amides is 2. The molecule has 114 valence electrons. The molecule has 21 heavy (non-hydrogen) atoms. The van der Waals surface area contributed by atoms with Gasteiger partial charge in [0, 0.05) is 6.54 Å². The van der Waals surface area contributed by atoms with Crippen LogP contribution in [0.2, 0.25) is 5.02 Å². The first-order valence-electron chi connectivity index (χ1n) is 6.93. The van der Waals surface area contributed by atoms with E-state index in [4.69, 9.17) is 16.7 Å². The summed E-state index contributed by atoms with van der Waals surface area (Å²) in [6.45, 7) is 2.28. The zero-order chi connectivity index (χ0) is 15.5. The van der Waals surface area contributed by atoms with E-state index in [2.05, 4.69) is 10.6 Å². The number of anilines is 1. The Labute approximate surface area is 128 Å². The molecule has 3 N–H and O–H groups in total. The van der Waals surface area contributed by atoms with Gasteiger partial charge in [-0.2, -0.15) is 0 Å². The summed E-state index contributed by atoms with van der Waals surface area (Å²) in [5.41, 5.74) is 1.26. The fourth-order valence-electron chi connectivity index (χ4n) is 2.58. The van der Waals surface area contributed by atoms with Crippen LogP contribution in [0.1, 0.15) is 31.2 Å². The molecular weight excluding hydrogens is 292 g/mol. The number of urea groups is 1. The second kappa shape index (κ2) is 6.35. The molecule has 0 spiro atoms. The average molecular weight is 311 g/mol. The molecule has 1 aromatic rings. The van der Waals surface area contributed by atoms with Gasteiger partial charge in [0.05, 0.1) is 17.1 Å². The molecule has 0 bridgehead atoms. The van der Waals surface area contributed by atoms with E-state index >= 15 is 0 Å². The summed E-state index contributed by atoms with van der Waals surface area (Å²) in [6.07, 6.45) is 2.79. The normalized spacial score (nSPS) is 15.9. The molecule has 1 aliphatic rings. The summed E-state index contributed by atoms with van der Waals surface area (Å²) in [7, 11) is 0. The van der Waals surface area contributed by atoms with E-state index in [1.165, 1.54) is 0 Å². The number of hydrogen-bond acceptors (Lipinski definition) is 2. The maximum atomic E-state index is 11.9. The molecule has 1 aliphatic carbocycles. The lowest BCUT2D eigenvalue weighted by Gasteiger charge is -2.40. The average Bonchev–Trinajstić information content (AvgIpc) is 2.36. The van der Waals surface area contributed by atoms with Crippen LogP contribution in [0.3, 0.4) is 0 Å². The van der Waals surface area contributed by atoms with E-state index in [9.17, 15) is 9.59 Å². The van der Waals surface area contributed by atoms with Gasteiger partial charge in [0.15, 0.2) is 0 Å². The number of rotatable bonds is 5. The quantitative estimate of drug-likeness (QED) is 0.779. The minimum absolute atomic E-state index is 0.0957. The summed E-state index contributed by atoms with van der Waals surface area (Å²) in [6, 6.07) is 5.02. The highest BCUT2D eigenvalue weighted by molar-refractivity contribution is 6.33. The van der Waals surface area contributed by atoms with E-state index in [1.54, 1.807) is 12.1 Å². The second-order valence-electron chi connectivity index (χ2n) is 5.72. The van der Waals surface area contributed by atoms with Gasteiger partial charge in [-0.05, 0) is 42.9 Å². The summed E-state index contributed by atoms with van der Waals surface area (Å²) >= 11 is 6.02. The molecule has 2 rings (SSSR count). The Morgan fingerprint density at radius 2 is 2.10 bits per heavy atom. The Kier molecular flexibility index (Phi) is 4.73. The van der Waals surface area contributed by atoms with Gasteiger partial charge in [-0.15, -0.1) is 0 Å². The van der Waals surface area contributed by atoms with Crippen LogP contribution in [-0.4, -0.2) is 23.7 Å². The number of carboxylic acid groups (broad SMARTS) is 1. The number of benzene rings is 1. The molecule has 5 nitrogen and oxygen atoms in total.